The van der Waals surface area contributed by atoms with Crippen LogP contribution in [0.2, 0.25) is 0 Å². The zero-order chi connectivity index (χ0) is 19.0. The van der Waals surface area contributed by atoms with Gasteiger partial charge in [-0.15, -0.1) is 0 Å². The zero-order valence-corrected chi connectivity index (χ0v) is 16.8. The Kier molecular flexibility index (Phi) is 12.3. The van der Waals surface area contributed by atoms with Crippen LogP contribution >= 0.6 is 0 Å². The molecule has 1 rings (SSSR count). The smallest absolute Gasteiger partial charge is 0.194 e. The van der Waals surface area contributed by atoms with Gasteiger partial charge in [0.05, 0.1) is 33.5 Å². The van der Waals surface area contributed by atoms with E-state index < -0.39 is 0 Å². The Morgan fingerprint density at radius 3 is 2.35 bits per heavy atom. The van der Waals surface area contributed by atoms with Crippen LogP contribution in [0.1, 0.15) is 32.3 Å². The second-order valence-electron chi connectivity index (χ2n) is 6.02. The second kappa shape index (κ2) is 14.4. The van der Waals surface area contributed by atoms with Crippen LogP contribution in [0.5, 0.6) is 5.75 Å². The van der Waals surface area contributed by atoms with Gasteiger partial charge in [-0.25, -0.2) is 0 Å². The topological polar surface area (TPSA) is 55.3 Å². The molecule has 6 nitrogen and oxygen atoms in total. The summed E-state index contributed by atoms with van der Waals surface area (Å²) in [6.07, 6.45) is 2.27. The quantitative estimate of drug-likeness (QED) is 0.331. The van der Waals surface area contributed by atoms with Gasteiger partial charge in [0.1, 0.15) is 5.75 Å². The van der Waals surface area contributed by atoms with E-state index in [2.05, 4.69) is 41.2 Å². The van der Waals surface area contributed by atoms with Crippen LogP contribution in [0, 0.1) is 0 Å². The Hall–Kier alpha value is -1.79. The summed E-state index contributed by atoms with van der Waals surface area (Å²) in [5.41, 5.74) is 1.21. The monoisotopic (exact) mass is 365 g/mol. The third-order valence-corrected chi connectivity index (χ3v) is 3.79. The third-order valence-electron chi connectivity index (χ3n) is 3.79. The summed E-state index contributed by atoms with van der Waals surface area (Å²) in [7, 11) is 3.71. The van der Waals surface area contributed by atoms with E-state index in [4.69, 9.17) is 14.2 Å². The molecule has 0 atom stereocenters. The van der Waals surface area contributed by atoms with Crippen LogP contribution in [0.4, 0.5) is 0 Å². The number of aliphatic imine (C=N–C) groups is 1. The van der Waals surface area contributed by atoms with E-state index in [-0.39, 0.29) is 0 Å². The fourth-order valence-corrected chi connectivity index (χ4v) is 2.33. The summed E-state index contributed by atoms with van der Waals surface area (Å²) in [6, 6.07) is 8.09. The molecular formula is C20H35N3O3. The van der Waals surface area contributed by atoms with Crippen LogP contribution < -0.4 is 10.1 Å². The Bertz CT molecular complexity index is 492. The summed E-state index contributed by atoms with van der Waals surface area (Å²) >= 11 is 0. The minimum atomic E-state index is 0.600. The first kappa shape index (κ1) is 22.3. The standard InChI is InChI=1S/C20H35N3O3/c1-5-7-13-25-15-16-26-14-12-22-20(21-6-2)23(3)17-18-8-10-19(24-4)11-9-18/h8-11H,5-7,12-17H2,1-4H3,(H,21,22). The van der Waals surface area contributed by atoms with Gasteiger partial charge in [-0.05, 0) is 31.0 Å². The number of unbranched alkanes of at least 4 members (excludes halogenated alkanes) is 1. The molecule has 148 valence electrons. The van der Waals surface area contributed by atoms with E-state index in [1.165, 1.54) is 5.56 Å². The number of nitrogens with zero attached hydrogens (tertiary/aromatic N) is 2. The van der Waals surface area contributed by atoms with Gasteiger partial charge in [0.2, 0.25) is 0 Å². The summed E-state index contributed by atoms with van der Waals surface area (Å²) in [6.45, 7) is 9.16. The molecule has 0 heterocycles. The highest BCUT2D eigenvalue weighted by Gasteiger charge is 2.06. The molecule has 0 bridgehead atoms. The number of hydrogen-bond acceptors (Lipinski definition) is 4. The van der Waals surface area contributed by atoms with Gasteiger partial charge >= 0.3 is 0 Å². The van der Waals surface area contributed by atoms with Crippen molar-refractivity contribution in [1.29, 1.82) is 0 Å². The molecule has 0 aliphatic heterocycles. The molecule has 0 radical (unpaired) electrons. The van der Waals surface area contributed by atoms with Crippen LogP contribution in [-0.2, 0) is 16.0 Å². The van der Waals surface area contributed by atoms with E-state index >= 15 is 0 Å². The zero-order valence-electron chi connectivity index (χ0n) is 16.8. The van der Waals surface area contributed by atoms with Gasteiger partial charge in [-0.1, -0.05) is 25.5 Å². The molecule has 0 saturated carbocycles. The number of ether oxygens (including phenoxy) is 3. The number of guanidine groups is 1. The van der Waals surface area contributed by atoms with Crippen molar-refractivity contribution in [3.63, 3.8) is 0 Å². The van der Waals surface area contributed by atoms with E-state index in [0.717, 1.165) is 44.2 Å². The lowest BCUT2D eigenvalue weighted by molar-refractivity contribution is 0.0497. The number of methoxy groups -OCH3 is 1. The summed E-state index contributed by atoms with van der Waals surface area (Å²) < 4.78 is 16.2. The van der Waals surface area contributed by atoms with Crippen molar-refractivity contribution >= 4 is 5.96 Å². The Labute approximate surface area is 158 Å². The minimum Gasteiger partial charge on any atom is -0.497 e. The van der Waals surface area contributed by atoms with Crippen LogP contribution in [-0.4, -0.2) is 64.5 Å². The van der Waals surface area contributed by atoms with Gasteiger partial charge in [0.25, 0.3) is 0 Å². The molecule has 0 aliphatic rings. The number of benzene rings is 1. The van der Waals surface area contributed by atoms with Crippen molar-refractivity contribution in [3.05, 3.63) is 29.8 Å². The van der Waals surface area contributed by atoms with Crippen molar-refractivity contribution in [2.75, 3.05) is 53.7 Å². The van der Waals surface area contributed by atoms with Crippen LogP contribution in [0.3, 0.4) is 0 Å². The summed E-state index contributed by atoms with van der Waals surface area (Å²) in [5, 5.41) is 3.32. The maximum atomic E-state index is 5.57. The number of rotatable bonds is 13. The molecule has 0 fully saturated rings. The maximum absolute atomic E-state index is 5.57. The molecule has 0 saturated heterocycles. The predicted molar refractivity (Wildman–Crippen MR) is 107 cm³/mol. The molecule has 0 amide bonds. The molecule has 0 aromatic heterocycles. The van der Waals surface area contributed by atoms with E-state index in [0.29, 0.717) is 26.4 Å². The summed E-state index contributed by atoms with van der Waals surface area (Å²) in [4.78, 5) is 6.74. The van der Waals surface area contributed by atoms with Crippen LogP contribution in [0.25, 0.3) is 0 Å². The fourth-order valence-electron chi connectivity index (χ4n) is 2.33. The second-order valence-corrected chi connectivity index (χ2v) is 6.02. The number of hydrogen-bond donors (Lipinski definition) is 1. The fraction of sp³-hybridized carbons (Fsp3) is 0.650. The van der Waals surface area contributed by atoms with Crippen molar-refractivity contribution in [1.82, 2.24) is 10.2 Å². The molecular weight excluding hydrogens is 330 g/mol. The highest BCUT2D eigenvalue weighted by molar-refractivity contribution is 5.79. The molecule has 26 heavy (non-hydrogen) atoms. The first-order valence-electron chi connectivity index (χ1n) is 9.49. The van der Waals surface area contributed by atoms with E-state index in [1.807, 2.05) is 19.2 Å². The van der Waals surface area contributed by atoms with E-state index in [9.17, 15) is 0 Å². The average molecular weight is 366 g/mol. The molecule has 1 aromatic rings. The van der Waals surface area contributed by atoms with Crippen molar-refractivity contribution in [2.24, 2.45) is 4.99 Å². The van der Waals surface area contributed by atoms with Gasteiger partial charge in [-0.2, -0.15) is 0 Å². The lowest BCUT2D eigenvalue weighted by Crippen LogP contribution is -2.38. The molecule has 6 heteroatoms. The average Bonchev–Trinajstić information content (AvgIpc) is 2.66. The Balaban J connectivity index is 2.34. The lowest BCUT2D eigenvalue weighted by Gasteiger charge is -2.22. The molecule has 0 spiro atoms. The predicted octanol–water partition coefficient (Wildman–Crippen LogP) is 2.93. The maximum Gasteiger partial charge on any atom is 0.194 e. The SMILES string of the molecule is CCCCOCCOCCN=C(NCC)N(C)Cc1ccc(OC)cc1. The van der Waals surface area contributed by atoms with Crippen molar-refractivity contribution in [2.45, 2.75) is 33.2 Å². The largest absolute Gasteiger partial charge is 0.497 e. The van der Waals surface area contributed by atoms with Gasteiger partial charge in [-0.3, -0.25) is 4.99 Å². The molecule has 1 aromatic carbocycles. The molecule has 0 unspecified atom stereocenters. The number of nitrogens with one attached hydrogen (secondary N) is 1. The Morgan fingerprint density at radius 1 is 1.04 bits per heavy atom. The highest BCUT2D eigenvalue weighted by Crippen LogP contribution is 2.12. The molecule has 0 aliphatic carbocycles. The van der Waals surface area contributed by atoms with Gasteiger partial charge in [0, 0.05) is 26.7 Å². The van der Waals surface area contributed by atoms with Crippen molar-refractivity contribution in [3.8, 4) is 5.75 Å². The van der Waals surface area contributed by atoms with Gasteiger partial charge in [0.15, 0.2) is 5.96 Å². The first-order valence-corrected chi connectivity index (χ1v) is 9.49. The van der Waals surface area contributed by atoms with Crippen molar-refractivity contribution < 1.29 is 14.2 Å². The van der Waals surface area contributed by atoms with Crippen LogP contribution in [0.15, 0.2) is 29.3 Å². The van der Waals surface area contributed by atoms with Gasteiger partial charge < -0.3 is 24.4 Å². The minimum absolute atomic E-state index is 0.600. The van der Waals surface area contributed by atoms with E-state index in [1.54, 1.807) is 7.11 Å². The Morgan fingerprint density at radius 2 is 1.73 bits per heavy atom. The lowest BCUT2D eigenvalue weighted by atomic mass is 10.2. The summed E-state index contributed by atoms with van der Waals surface area (Å²) in [5.74, 6) is 1.75. The normalized spacial score (nSPS) is 11.5. The highest BCUT2D eigenvalue weighted by atomic mass is 16.5. The first-order chi connectivity index (χ1) is 12.7. The molecule has 1 N–H and O–H groups in total. The third kappa shape index (κ3) is 9.63.